The first-order chi connectivity index (χ1) is 20.1. The zero-order chi connectivity index (χ0) is 31.6. The Morgan fingerprint density at radius 1 is 1.14 bits per heavy atom. The number of methoxy groups -OCH3 is 1. The number of aliphatic hydroxyl groups excluding tert-OH is 2. The molecule has 15 heteroatoms. The molecule has 0 saturated carbocycles. The van der Waals surface area contributed by atoms with Gasteiger partial charge in [-0.05, 0) is 13.0 Å². The number of fused-ring (bicyclic) bond motifs is 3. The number of ketones is 3. The van der Waals surface area contributed by atoms with Crippen molar-refractivity contribution in [2.45, 2.75) is 62.4 Å². The second-order valence-electron chi connectivity index (χ2n) is 11.6. The number of ether oxygens (including phenoxy) is 3. The molecule has 6 atom stereocenters. The summed E-state index contributed by atoms with van der Waals surface area (Å²) in [7, 11) is -1.50. The fourth-order valence-corrected chi connectivity index (χ4v) is 7.30. The highest BCUT2D eigenvalue weighted by Crippen LogP contribution is 2.52. The van der Waals surface area contributed by atoms with Gasteiger partial charge in [-0.25, -0.2) is 0 Å². The zero-order valence-corrected chi connectivity index (χ0v) is 26.1. The average Bonchev–Trinajstić information content (AvgIpc) is 2.94. The van der Waals surface area contributed by atoms with E-state index >= 15 is 0 Å². The first kappa shape index (κ1) is 33.9. The molecule has 0 radical (unpaired) electrons. The summed E-state index contributed by atoms with van der Waals surface area (Å²) < 4.78 is 32.6. The molecule has 4 unspecified atom stereocenters. The molecule has 3 aliphatic rings. The zero-order valence-electron chi connectivity index (χ0n) is 24.4. The molecule has 0 amide bonds. The van der Waals surface area contributed by atoms with Crippen molar-refractivity contribution in [3.8, 4) is 17.2 Å². The molecule has 1 fully saturated rings. The third kappa shape index (κ3) is 5.65. The number of aromatic hydroxyl groups is 2. The van der Waals surface area contributed by atoms with Gasteiger partial charge in [-0.2, -0.15) is 0 Å². The van der Waals surface area contributed by atoms with Gasteiger partial charge in [0.1, 0.15) is 29.5 Å². The van der Waals surface area contributed by atoms with Crippen LogP contribution in [0.4, 0.5) is 0 Å². The van der Waals surface area contributed by atoms with E-state index in [2.05, 4.69) is 4.72 Å². The van der Waals surface area contributed by atoms with Crippen molar-refractivity contribution in [3.05, 3.63) is 51.6 Å². The Morgan fingerprint density at radius 3 is 2.41 bits per heavy atom. The van der Waals surface area contributed by atoms with Gasteiger partial charge < -0.3 is 39.7 Å². The number of Topliss-reactive ketones (excluding diaryl/α,β-unsaturated/α-hetero) is 1. The second kappa shape index (κ2) is 12.1. The largest absolute Gasteiger partial charge is 0.507 e. The van der Waals surface area contributed by atoms with Crippen LogP contribution < -0.4 is 9.46 Å². The maximum absolute atomic E-state index is 13.8. The van der Waals surface area contributed by atoms with Gasteiger partial charge >= 0.3 is 0 Å². The highest BCUT2D eigenvalue weighted by atomic mass is 35.5. The number of hydrogen-bond acceptors (Lipinski definition) is 12. The summed E-state index contributed by atoms with van der Waals surface area (Å²) >= 11 is 0. The molecule has 5 rings (SSSR count). The quantitative estimate of drug-likeness (QED) is 0.135. The van der Waals surface area contributed by atoms with Crippen LogP contribution in [0.5, 0.6) is 17.2 Å². The highest BCUT2D eigenvalue weighted by molar-refractivity contribution is 7.99. The lowest BCUT2D eigenvalue weighted by Gasteiger charge is -2.43. The summed E-state index contributed by atoms with van der Waals surface area (Å²) in [6.45, 7) is 0.526. The van der Waals surface area contributed by atoms with Crippen LogP contribution in [-0.4, -0.2) is 103 Å². The predicted molar refractivity (Wildman–Crippen MR) is 159 cm³/mol. The van der Waals surface area contributed by atoms with Crippen molar-refractivity contribution in [3.63, 3.8) is 0 Å². The number of thiol groups is 1. The molecule has 13 nitrogen and oxygen atoms in total. The second-order valence-corrected chi connectivity index (χ2v) is 14.5. The Labute approximate surface area is 260 Å². The van der Waals surface area contributed by atoms with Crippen molar-refractivity contribution >= 4 is 39.9 Å². The highest BCUT2D eigenvalue weighted by Gasteiger charge is 2.50. The van der Waals surface area contributed by atoms with Crippen molar-refractivity contribution in [1.29, 1.82) is 0 Å². The van der Waals surface area contributed by atoms with Crippen LogP contribution in [0.25, 0.3) is 0 Å². The van der Waals surface area contributed by atoms with Crippen LogP contribution in [0.1, 0.15) is 68.8 Å². The summed E-state index contributed by atoms with van der Waals surface area (Å²) in [6, 6.07) is 3.61. The standard InChI is InChI=1S/C29H35NO12S.ClH/c1-12-24(33)15(30-43(3,4)39)8-19(41-12)42-17-10-29(38,18(32)11-31)9-14-21(17)28(37)23-22(26(14)35)25(34)13-6-5-7-16(40-2)20(13)27(23)36;/h5-7,12,15,17,19,24,31,33,35,37-38,43H,8-11H2,1-4H3,(H,30,39);1H/t12?,15?,17-,19?,24?,29-;/m0./s1. The molecule has 0 spiro atoms. The number of phenols is 2. The normalized spacial score (nSPS) is 28.3. The molecule has 0 bridgehead atoms. The number of aliphatic hydroxyl groups is 3. The molecule has 1 heterocycles. The third-order valence-corrected chi connectivity index (χ3v) is 9.19. The van der Waals surface area contributed by atoms with E-state index in [4.69, 9.17) is 14.2 Å². The van der Waals surface area contributed by atoms with Crippen LogP contribution in [0.3, 0.4) is 0 Å². The monoisotopic (exact) mass is 657 g/mol. The van der Waals surface area contributed by atoms with Gasteiger partial charge in [0.05, 0.1) is 48.2 Å². The first-order valence-corrected chi connectivity index (χ1v) is 16.3. The Bertz CT molecular complexity index is 1570. The van der Waals surface area contributed by atoms with E-state index in [0.29, 0.717) is 0 Å². The van der Waals surface area contributed by atoms with Crippen LogP contribution in [0.2, 0.25) is 0 Å². The number of carbonyl (C=O) groups is 3. The lowest BCUT2D eigenvalue weighted by atomic mass is 9.72. The Kier molecular flexibility index (Phi) is 9.33. The molecular weight excluding hydrogens is 622 g/mol. The van der Waals surface area contributed by atoms with E-state index in [1.807, 2.05) is 0 Å². The molecule has 2 aromatic carbocycles. The van der Waals surface area contributed by atoms with E-state index in [0.717, 1.165) is 0 Å². The minimum absolute atomic E-state index is 0. The number of halogens is 1. The molecule has 2 aliphatic carbocycles. The van der Waals surface area contributed by atoms with Crippen LogP contribution >= 0.6 is 12.4 Å². The van der Waals surface area contributed by atoms with Gasteiger partial charge in [0.25, 0.3) is 0 Å². The minimum Gasteiger partial charge on any atom is -0.507 e. The predicted octanol–water partition coefficient (Wildman–Crippen LogP) is 0.245. The number of rotatable bonds is 7. The molecule has 6 N–H and O–H groups in total. The first-order valence-electron chi connectivity index (χ1n) is 13.7. The van der Waals surface area contributed by atoms with Gasteiger partial charge in [-0.1, -0.05) is 22.3 Å². The Hall–Kier alpha value is -2.95. The van der Waals surface area contributed by atoms with Crippen molar-refractivity contribution in [2.24, 2.45) is 0 Å². The smallest absolute Gasteiger partial charge is 0.202 e. The van der Waals surface area contributed by atoms with Gasteiger partial charge in [0, 0.05) is 48.5 Å². The fourth-order valence-electron chi connectivity index (χ4n) is 6.24. The van der Waals surface area contributed by atoms with E-state index in [1.54, 1.807) is 6.92 Å². The van der Waals surface area contributed by atoms with Gasteiger partial charge in [0.15, 0.2) is 17.9 Å². The molecule has 44 heavy (non-hydrogen) atoms. The van der Waals surface area contributed by atoms with E-state index in [-0.39, 0.29) is 46.8 Å². The minimum atomic E-state index is -2.82. The molecule has 0 aromatic heterocycles. The number of benzene rings is 2. The number of carbonyl (C=O) groups excluding carboxylic acids is 3. The van der Waals surface area contributed by atoms with Crippen LogP contribution in [-0.2, 0) is 30.8 Å². The molecule has 1 saturated heterocycles. The van der Waals surface area contributed by atoms with E-state index in [1.165, 1.54) is 37.8 Å². The maximum Gasteiger partial charge on any atom is 0.202 e. The van der Waals surface area contributed by atoms with Gasteiger partial charge in [-0.15, -0.1) is 12.4 Å². The number of hydrogen-bond donors (Lipinski definition) is 7. The Balaban J connectivity index is 0.00000442. The van der Waals surface area contributed by atoms with Crippen LogP contribution in [0.15, 0.2) is 18.2 Å². The van der Waals surface area contributed by atoms with Gasteiger partial charge in [0.2, 0.25) is 5.78 Å². The summed E-state index contributed by atoms with van der Waals surface area (Å²) in [4.78, 5) is 40.1. The summed E-state index contributed by atoms with van der Waals surface area (Å²) in [5.74, 6) is -3.90. The van der Waals surface area contributed by atoms with Crippen molar-refractivity contribution < 1.29 is 58.3 Å². The molecule has 2 aromatic rings. The van der Waals surface area contributed by atoms with Crippen molar-refractivity contribution in [2.75, 3.05) is 26.2 Å². The summed E-state index contributed by atoms with van der Waals surface area (Å²) in [5.41, 5.74) is -3.80. The van der Waals surface area contributed by atoms with Crippen LogP contribution in [0, 0.1) is 0 Å². The van der Waals surface area contributed by atoms with Crippen molar-refractivity contribution in [1.82, 2.24) is 4.72 Å². The summed E-state index contributed by atoms with van der Waals surface area (Å²) in [5, 5.41) is 54.6. The summed E-state index contributed by atoms with van der Waals surface area (Å²) in [6.07, 6.45) is -2.56. The van der Waals surface area contributed by atoms with E-state index in [9.17, 15) is 44.1 Å². The topological polar surface area (TPSA) is 209 Å². The molecular formula is C29H36ClNO12S. The third-order valence-electron chi connectivity index (χ3n) is 8.24. The number of phenolic OH excluding ortho intramolecular Hbond substituents is 2. The fraction of sp³-hybridized carbons (Fsp3) is 0.483. The number of nitrogens with one attached hydrogen (secondary N) is 1. The van der Waals surface area contributed by atoms with Gasteiger partial charge in [-0.3, -0.25) is 23.3 Å². The average molecular weight is 658 g/mol. The van der Waals surface area contributed by atoms with E-state index < -0.39 is 106 Å². The lowest BCUT2D eigenvalue weighted by molar-refractivity contribution is -0.248. The molecule has 242 valence electrons. The molecule has 1 aliphatic heterocycles. The Morgan fingerprint density at radius 2 is 1.80 bits per heavy atom. The lowest BCUT2D eigenvalue weighted by Crippen LogP contribution is -2.56. The maximum atomic E-state index is 13.8. The SMILES string of the molecule is COc1cccc2c1C(=O)c1c(O)c3c(c(O)c1C2=O)C[C@@](O)(C(=O)CO)C[C@@H]3OC1CC(N[SH](C)(C)=O)C(O)C(C)O1.Cl.